The number of aryl methyl sites for hydroxylation is 1. The summed E-state index contributed by atoms with van der Waals surface area (Å²) in [6.45, 7) is 14.4. The number of aliphatic imine (C=N–C) groups is 2. The van der Waals surface area contributed by atoms with Gasteiger partial charge in [-0.15, -0.1) is 0 Å². The fourth-order valence-electron chi connectivity index (χ4n) is 1.94. The standard InChI is InChI=1S/C16H25N3/c1-10(2)17-13(6)15-8-12(5)9-16(19-15)14(7)18-11(3)4/h8-11H,1-7H3. The van der Waals surface area contributed by atoms with Gasteiger partial charge in [-0.2, -0.15) is 0 Å². The topological polar surface area (TPSA) is 37.6 Å². The summed E-state index contributed by atoms with van der Waals surface area (Å²) in [5.41, 5.74) is 5.05. The highest BCUT2D eigenvalue weighted by atomic mass is 14.8. The highest BCUT2D eigenvalue weighted by Crippen LogP contribution is 2.09. The van der Waals surface area contributed by atoms with Crippen molar-refractivity contribution in [3.63, 3.8) is 0 Å². The lowest BCUT2D eigenvalue weighted by Gasteiger charge is -2.09. The number of aromatic nitrogens is 1. The van der Waals surface area contributed by atoms with Gasteiger partial charge in [0.15, 0.2) is 0 Å². The lowest BCUT2D eigenvalue weighted by atomic mass is 10.1. The monoisotopic (exact) mass is 259 g/mol. The van der Waals surface area contributed by atoms with Gasteiger partial charge in [0.25, 0.3) is 0 Å². The van der Waals surface area contributed by atoms with Crippen LogP contribution in [0.1, 0.15) is 58.5 Å². The Morgan fingerprint density at radius 2 is 1.26 bits per heavy atom. The van der Waals surface area contributed by atoms with Crippen molar-refractivity contribution in [1.29, 1.82) is 0 Å². The van der Waals surface area contributed by atoms with E-state index in [4.69, 9.17) is 0 Å². The molecule has 0 amide bonds. The van der Waals surface area contributed by atoms with Gasteiger partial charge in [0, 0.05) is 12.1 Å². The van der Waals surface area contributed by atoms with E-state index in [0.29, 0.717) is 0 Å². The molecule has 3 nitrogen and oxygen atoms in total. The Kier molecular flexibility index (Phi) is 5.40. The average Bonchev–Trinajstić information content (AvgIpc) is 2.26. The Bertz CT molecular complexity index is 454. The Morgan fingerprint density at radius 3 is 1.58 bits per heavy atom. The van der Waals surface area contributed by atoms with E-state index < -0.39 is 0 Å². The Morgan fingerprint density at radius 1 is 0.895 bits per heavy atom. The minimum absolute atomic E-state index is 0.288. The van der Waals surface area contributed by atoms with Crippen LogP contribution in [-0.4, -0.2) is 28.5 Å². The molecule has 0 fully saturated rings. The highest BCUT2D eigenvalue weighted by molar-refractivity contribution is 6.01. The maximum atomic E-state index is 4.68. The van der Waals surface area contributed by atoms with Crippen molar-refractivity contribution in [1.82, 2.24) is 4.98 Å². The fraction of sp³-hybridized carbons (Fsp3) is 0.562. The lowest BCUT2D eigenvalue weighted by Crippen LogP contribution is -2.09. The SMILES string of the molecule is CC(=NC(C)C)c1cc(C)cc(C(C)=NC(C)C)n1. The first-order chi connectivity index (χ1) is 8.79. The zero-order valence-electron chi connectivity index (χ0n) is 13.2. The fourth-order valence-corrected chi connectivity index (χ4v) is 1.94. The molecule has 0 spiro atoms. The van der Waals surface area contributed by atoms with Crippen molar-refractivity contribution < 1.29 is 0 Å². The number of hydrogen-bond acceptors (Lipinski definition) is 3. The zero-order valence-corrected chi connectivity index (χ0v) is 13.2. The summed E-state index contributed by atoms with van der Waals surface area (Å²) >= 11 is 0. The summed E-state index contributed by atoms with van der Waals surface area (Å²) in [6.07, 6.45) is 0. The normalized spacial score (nSPS) is 13.5. The predicted molar refractivity (Wildman–Crippen MR) is 83.7 cm³/mol. The van der Waals surface area contributed by atoms with E-state index in [-0.39, 0.29) is 12.1 Å². The average molecular weight is 259 g/mol. The maximum Gasteiger partial charge on any atom is 0.0847 e. The Balaban J connectivity index is 3.21. The molecule has 0 saturated heterocycles. The summed E-state index contributed by atoms with van der Waals surface area (Å²) in [5.74, 6) is 0. The Labute approximate surface area is 116 Å². The van der Waals surface area contributed by atoms with Crippen molar-refractivity contribution in [2.24, 2.45) is 9.98 Å². The third-order valence-corrected chi connectivity index (χ3v) is 2.61. The van der Waals surface area contributed by atoms with Crippen LogP contribution in [0.4, 0.5) is 0 Å². The molecule has 0 bridgehead atoms. The molecule has 1 rings (SSSR count). The number of nitrogens with zero attached hydrogens (tertiary/aromatic N) is 3. The molecular weight excluding hydrogens is 234 g/mol. The molecule has 104 valence electrons. The maximum absolute atomic E-state index is 4.68. The molecule has 0 N–H and O–H groups in total. The second kappa shape index (κ2) is 6.60. The predicted octanol–water partition coefficient (Wildman–Crippen LogP) is 3.82. The lowest BCUT2D eigenvalue weighted by molar-refractivity contribution is 0.832. The first kappa shape index (κ1) is 15.5. The summed E-state index contributed by atoms with van der Waals surface area (Å²) in [5, 5.41) is 0. The van der Waals surface area contributed by atoms with Crippen LogP contribution < -0.4 is 0 Å². The Hall–Kier alpha value is -1.51. The zero-order chi connectivity index (χ0) is 14.6. The molecule has 19 heavy (non-hydrogen) atoms. The second-order valence-corrected chi connectivity index (χ2v) is 5.53. The molecule has 1 aromatic rings. The van der Waals surface area contributed by atoms with Crippen LogP contribution in [0.5, 0.6) is 0 Å². The summed E-state index contributed by atoms with van der Waals surface area (Å²) in [7, 11) is 0. The van der Waals surface area contributed by atoms with Crippen LogP contribution in [0.15, 0.2) is 22.1 Å². The highest BCUT2D eigenvalue weighted by Gasteiger charge is 2.07. The van der Waals surface area contributed by atoms with Gasteiger partial charge in [0.2, 0.25) is 0 Å². The summed E-state index contributed by atoms with van der Waals surface area (Å²) in [4.78, 5) is 13.8. The van der Waals surface area contributed by atoms with Gasteiger partial charge in [-0.3, -0.25) is 9.98 Å². The molecule has 3 heteroatoms. The molecule has 0 saturated carbocycles. The quantitative estimate of drug-likeness (QED) is 0.757. The van der Waals surface area contributed by atoms with Gasteiger partial charge in [0.05, 0.1) is 22.8 Å². The van der Waals surface area contributed by atoms with Crippen LogP contribution in [0.3, 0.4) is 0 Å². The minimum Gasteiger partial charge on any atom is -0.285 e. The summed E-state index contributed by atoms with van der Waals surface area (Å²) < 4.78 is 0. The van der Waals surface area contributed by atoms with Crippen molar-refractivity contribution in [3.8, 4) is 0 Å². The molecular formula is C16H25N3. The van der Waals surface area contributed by atoms with E-state index in [0.717, 1.165) is 22.8 Å². The van der Waals surface area contributed by atoms with Crippen molar-refractivity contribution in [2.75, 3.05) is 0 Å². The molecule has 0 aliphatic carbocycles. The smallest absolute Gasteiger partial charge is 0.0847 e. The first-order valence-corrected chi connectivity index (χ1v) is 6.87. The van der Waals surface area contributed by atoms with E-state index in [2.05, 4.69) is 61.7 Å². The third kappa shape index (κ3) is 4.93. The minimum atomic E-state index is 0.288. The van der Waals surface area contributed by atoms with E-state index >= 15 is 0 Å². The number of pyridine rings is 1. The van der Waals surface area contributed by atoms with Gasteiger partial charge in [-0.05, 0) is 66.2 Å². The van der Waals surface area contributed by atoms with Crippen molar-refractivity contribution in [2.45, 2.75) is 60.5 Å². The number of rotatable bonds is 4. The number of hydrogen-bond donors (Lipinski definition) is 0. The molecule has 0 aromatic carbocycles. The van der Waals surface area contributed by atoms with Gasteiger partial charge >= 0.3 is 0 Å². The molecule has 0 unspecified atom stereocenters. The van der Waals surface area contributed by atoms with Crippen LogP contribution in [0.25, 0.3) is 0 Å². The molecule has 1 aromatic heterocycles. The molecule has 0 radical (unpaired) electrons. The van der Waals surface area contributed by atoms with E-state index in [1.54, 1.807) is 0 Å². The van der Waals surface area contributed by atoms with Gasteiger partial charge in [0.1, 0.15) is 0 Å². The third-order valence-electron chi connectivity index (χ3n) is 2.61. The van der Waals surface area contributed by atoms with E-state index in [1.165, 1.54) is 5.56 Å². The van der Waals surface area contributed by atoms with Crippen LogP contribution in [0, 0.1) is 6.92 Å². The van der Waals surface area contributed by atoms with E-state index in [1.807, 2.05) is 13.8 Å². The second-order valence-electron chi connectivity index (χ2n) is 5.53. The molecule has 0 aliphatic rings. The van der Waals surface area contributed by atoms with Gasteiger partial charge < -0.3 is 0 Å². The van der Waals surface area contributed by atoms with Crippen LogP contribution in [0.2, 0.25) is 0 Å². The summed E-state index contributed by atoms with van der Waals surface area (Å²) in [6, 6.07) is 4.73. The van der Waals surface area contributed by atoms with Crippen LogP contribution in [-0.2, 0) is 0 Å². The van der Waals surface area contributed by atoms with E-state index in [9.17, 15) is 0 Å². The first-order valence-electron chi connectivity index (χ1n) is 6.87. The van der Waals surface area contributed by atoms with Crippen molar-refractivity contribution in [3.05, 3.63) is 29.1 Å². The largest absolute Gasteiger partial charge is 0.285 e. The molecule has 1 heterocycles. The molecule has 0 atom stereocenters. The van der Waals surface area contributed by atoms with Crippen molar-refractivity contribution >= 4 is 11.4 Å². The van der Waals surface area contributed by atoms with Gasteiger partial charge in [-0.1, -0.05) is 0 Å². The van der Waals surface area contributed by atoms with Crippen LogP contribution >= 0.6 is 0 Å². The van der Waals surface area contributed by atoms with Gasteiger partial charge in [-0.25, -0.2) is 4.98 Å². The molecule has 0 aliphatic heterocycles.